The van der Waals surface area contributed by atoms with E-state index in [1.54, 1.807) is 6.07 Å². The lowest BCUT2D eigenvalue weighted by molar-refractivity contribution is -0.384. The first-order valence-corrected chi connectivity index (χ1v) is 8.13. The van der Waals surface area contributed by atoms with Gasteiger partial charge in [-0.2, -0.15) is 0 Å². The Bertz CT molecular complexity index is 838. The molecule has 25 heavy (non-hydrogen) atoms. The molecule has 0 bridgehead atoms. The predicted molar refractivity (Wildman–Crippen MR) is 93.9 cm³/mol. The van der Waals surface area contributed by atoms with Crippen LogP contribution in [0.25, 0.3) is 0 Å². The molecule has 2 aromatic carbocycles. The Balaban J connectivity index is 1.86. The molecular weight excluding hydrogens is 349 g/mol. The summed E-state index contributed by atoms with van der Waals surface area (Å²) in [6.07, 6.45) is 1.98. The van der Waals surface area contributed by atoms with Gasteiger partial charge in [0.05, 0.1) is 9.95 Å². The van der Waals surface area contributed by atoms with Gasteiger partial charge in [-0.1, -0.05) is 11.6 Å². The maximum absolute atomic E-state index is 13.4. The number of nitro benzene ring substituents is 1. The number of nitro groups is 1. The molecule has 1 fully saturated rings. The highest BCUT2D eigenvalue weighted by atomic mass is 35.5. The topological polar surface area (TPSA) is 75.5 Å². The smallest absolute Gasteiger partial charge is 0.293 e. The number of carbonyl (C=O) groups is 1. The fraction of sp³-hybridized carbons (Fsp3) is 0.235. The molecule has 130 valence electrons. The van der Waals surface area contributed by atoms with Crippen LogP contribution in [-0.2, 0) is 0 Å². The van der Waals surface area contributed by atoms with Crippen molar-refractivity contribution in [3.05, 3.63) is 62.9 Å². The number of anilines is 2. The van der Waals surface area contributed by atoms with Crippen LogP contribution in [0.15, 0.2) is 36.4 Å². The molecule has 2 aromatic rings. The quantitative estimate of drug-likeness (QED) is 0.651. The summed E-state index contributed by atoms with van der Waals surface area (Å²) >= 11 is 5.60. The van der Waals surface area contributed by atoms with Gasteiger partial charge in [0.2, 0.25) is 0 Å². The van der Waals surface area contributed by atoms with Gasteiger partial charge in [0, 0.05) is 30.4 Å². The molecule has 0 spiro atoms. The van der Waals surface area contributed by atoms with Gasteiger partial charge in [-0.3, -0.25) is 14.9 Å². The lowest BCUT2D eigenvalue weighted by Gasteiger charge is -2.17. The minimum Gasteiger partial charge on any atom is -0.366 e. The van der Waals surface area contributed by atoms with Crippen LogP contribution in [0, 0.1) is 15.9 Å². The van der Waals surface area contributed by atoms with Gasteiger partial charge in [-0.15, -0.1) is 0 Å². The van der Waals surface area contributed by atoms with E-state index >= 15 is 0 Å². The van der Waals surface area contributed by atoms with Crippen molar-refractivity contribution in [3.63, 3.8) is 0 Å². The first-order chi connectivity index (χ1) is 12.0. The number of carbonyl (C=O) groups excluding carboxylic acids is 1. The highest BCUT2D eigenvalue weighted by Gasteiger charge is 2.24. The van der Waals surface area contributed by atoms with E-state index in [2.05, 4.69) is 5.32 Å². The zero-order valence-electron chi connectivity index (χ0n) is 13.2. The molecule has 8 heteroatoms. The molecule has 3 rings (SSSR count). The second-order valence-corrected chi connectivity index (χ2v) is 6.14. The van der Waals surface area contributed by atoms with Gasteiger partial charge in [-0.05, 0) is 43.2 Å². The maximum Gasteiger partial charge on any atom is 0.293 e. The summed E-state index contributed by atoms with van der Waals surface area (Å²) in [4.78, 5) is 25.1. The molecule has 0 saturated carbocycles. The van der Waals surface area contributed by atoms with E-state index in [0.29, 0.717) is 5.69 Å². The number of amides is 1. The number of halogens is 2. The Morgan fingerprint density at radius 3 is 2.56 bits per heavy atom. The van der Waals surface area contributed by atoms with E-state index in [1.807, 2.05) is 4.90 Å². The molecule has 1 amide bonds. The van der Waals surface area contributed by atoms with Gasteiger partial charge in [0.15, 0.2) is 0 Å². The fourth-order valence-electron chi connectivity index (χ4n) is 2.81. The molecule has 6 nitrogen and oxygen atoms in total. The van der Waals surface area contributed by atoms with Gasteiger partial charge in [0.1, 0.15) is 11.5 Å². The van der Waals surface area contributed by atoms with E-state index in [1.165, 1.54) is 24.3 Å². The normalized spacial score (nSPS) is 13.8. The number of hydrogen-bond donors (Lipinski definition) is 1. The first kappa shape index (κ1) is 17.2. The van der Waals surface area contributed by atoms with Crippen LogP contribution in [0.2, 0.25) is 5.02 Å². The summed E-state index contributed by atoms with van der Waals surface area (Å²) in [7, 11) is 0. The summed E-state index contributed by atoms with van der Waals surface area (Å²) in [6.45, 7) is 1.52. The van der Waals surface area contributed by atoms with Crippen molar-refractivity contribution < 1.29 is 14.1 Å². The highest BCUT2D eigenvalue weighted by Crippen LogP contribution is 2.32. The second-order valence-electron chi connectivity index (χ2n) is 5.74. The predicted octanol–water partition coefficient (Wildman–Crippen LogP) is 4.24. The standard InChI is InChI=1S/C17H15ClFN3O3/c18-13-5-4-12(10-14(13)19)20-17(23)11-3-6-15(16(9-11)22(24)25)21-7-1-2-8-21/h3-6,9-10H,1-2,7-8H2,(H,20,23). The zero-order chi connectivity index (χ0) is 18.0. The second kappa shape index (κ2) is 7.06. The average molecular weight is 364 g/mol. The van der Waals surface area contributed by atoms with Crippen molar-refractivity contribution >= 4 is 34.6 Å². The van der Waals surface area contributed by atoms with Crippen molar-refractivity contribution in [2.45, 2.75) is 12.8 Å². The lowest BCUT2D eigenvalue weighted by atomic mass is 10.1. The summed E-state index contributed by atoms with van der Waals surface area (Å²) in [6, 6.07) is 8.23. The highest BCUT2D eigenvalue weighted by molar-refractivity contribution is 6.30. The van der Waals surface area contributed by atoms with Crippen LogP contribution in [-0.4, -0.2) is 23.9 Å². The largest absolute Gasteiger partial charge is 0.366 e. The lowest BCUT2D eigenvalue weighted by Crippen LogP contribution is -2.19. The van der Waals surface area contributed by atoms with Crippen molar-refractivity contribution in [1.29, 1.82) is 0 Å². The number of rotatable bonds is 4. The molecule has 1 aliphatic heterocycles. The minimum atomic E-state index is -0.658. The van der Waals surface area contributed by atoms with Crippen molar-refractivity contribution in [1.82, 2.24) is 0 Å². The van der Waals surface area contributed by atoms with Crippen LogP contribution in [0.4, 0.5) is 21.5 Å². The fourth-order valence-corrected chi connectivity index (χ4v) is 2.93. The molecule has 1 saturated heterocycles. The van der Waals surface area contributed by atoms with E-state index in [4.69, 9.17) is 11.6 Å². The Kier molecular flexibility index (Phi) is 4.85. The Hall–Kier alpha value is -2.67. The molecule has 0 aromatic heterocycles. The monoisotopic (exact) mass is 363 g/mol. The number of hydrogen-bond acceptors (Lipinski definition) is 4. The summed E-state index contributed by atoms with van der Waals surface area (Å²) in [5.74, 6) is -1.22. The molecule has 1 aliphatic rings. The van der Waals surface area contributed by atoms with Crippen LogP contribution in [0.5, 0.6) is 0 Å². The molecule has 1 heterocycles. The Labute approximate surface area is 148 Å². The van der Waals surface area contributed by atoms with Crippen molar-refractivity contribution in [2.24, 2.45) is 0 Å². The van der Waals surface area contributed by atoms with Crippen molar-refractivity contribution in [2.75, 3.05) is 23.3 Å². The number of nitrogens with one attached hydrogen (secondary N) is 1. The van der Waals surface area contributed by atoms with E-state index in [-0.39, 0.29) is 22.0 Å². The number of benzene rings is 2. The molecule has 0 radical (unpaired) electrons. The van der Waals surface area contributed by atoms with Crippen LogP contribution < -0.4 is 10.2 Å². The third-order valence-corrected chi connectivity index (χ3v) is 4.37. The van der Waals surface area contributed by atoms with Gasteiger partial charge in [0.25, 0.3) is 11.6 Å². The molecular formula is C17H15ClFN3O3. The van der Waals surface area contributed by atoms with Crippen LogP contribution >= 0.6 is 11.6 Å². The van der Waals surface area contributed by atoms with E-state index in [9.17, 15) is 19.3 Å². The van der Waals surface area contributed by atoms with Crippen molar-refractivity contribution in [3.8, 4) is 0 Å². The third kappa shape index (κ3) is 3.71. The average Bonchev–Trinajstić information content (AvgIpc) is 3.12. The van der Waals surface area contributed by atoms with Gasteiger partial charge >= 0.3 is 0 Å². The molecule has 0 aliphatic carbocycles. The number of nitrogens with zero attached hydrogens (tertiary/aromatic N) is 2. The SMILES string of the molecule is O=C(Nc1ccc(Cl)c(F)c1)c1ccc(N2CCCC2)c([N+](=O)[O-])c1. The maximum atomic E-state index is 13.4. The summed E-state index contributed by atoms with van der Waals surface area (Å²) < 4.78 is 13.4. The van der Waals surface area contributed by atoms with Gasteiger partial charge in [-0.25, -0.2) is 4.39 Å². The van der Waals surface area contributed by atoms with Crippen LogP contribution in [0.1, 0.15) is 23.2 Å². The molecule has 0 unspecified atom stereocenters. The molecule has 0 atom stereocenters. The van der Waals surface area contributed by atoms with Gasteiger partial charge < -0.3 is 10.2 Å². The third-order valence-electron chi connectivity index (χ3n) is 4.06. The minimum absolute atomic E-state index is 0.0522. The van der Waals surface area contributed by atoms with E-state index < -0.39 is 16.6 Å². The summed E-state index contributed by atoms with van der Waals surface area (Å²) in [5.41, 5.74) is 0.747. The first-order valence-electron chi connectivity index (χ1n) is 7.75. The Morgan fingerprint density at radius 2 is 1.92 bits per heavy atom. The van der Waals surface area contributed by atoms with Crippen LogP contribution in [0.3, 0.4) is 0 Å². The Morgan fingerprint density at radius 1 is 1.20 bits per heavy atom. The molecule has 1 N–H and O–H groups in total. The van der Waals surface area contributed by atoms with E-state index in [0.717, 1.165) is 32.0 Å². The summed E-state index contributed by atoms with van der Waals surface area (Å²) in [5, 5.41) is 13.8. The zero-order valence-corrected chi connectivity index (χ0v) is 13.9.